The Kier molecular flexibility index (Phi) is 5.51. The van der Waals surface area contributed by atoms with E-state index in [-0.39, 0.29) is 18.6 Å². The molecular formula is C24H23N5O3. The number of fused-ring (bicyclic) bond motifs is 1. The van der Waals surface area contributed by atoms with Crippen LogP contribution in [0.4, 0.5) is 5.95 Å². The lowest BCUT2D eigenvalue weighted by Gasteiger charge is -2.32. The van der Waals surface area contributed by atoms with Crippen molar-refractivity contribution < 1.29 is 14.3 Å². The molecule has 2 N–H and O–H groups in total. The number of amides is 1. The number of nitrogens with zero attached hydrogens (tertiary/aromatic N) is 4. The normalized spacial score (nSPS) is 14.6. The molecule has 3 aromatic heterocycles. The maximum Gasteiger partial charge on any atom is 0.251 e. The monoisotopic (exact) mass is 429 g/mol. The van der Waals surface area contributed by atoms with Gasteiger partial charge in [0, 0.05) is 59.8 Å². The highest BCUT2D eigenvalue weighted by atomic mass is 16.3. The van der Waals surface area contributed by atoms with Gasteiger partial charge in [-0.1, -0.05) is 12.1 Å². The number of piperidine rings is 1. The third-order valence-corrected chi connectivity index (χ3v) is 5.79. The third-order valence-electron chi connectivity index (χ3n) is 5.79. The van der Waals surface area contributed by atoms with Gasteiger partial charge in [-0.2, -0.15) is 0 Å². The Bertz CT molecular complexity index is 1210. The first-order valence-corrected chi connectivity index (χ1v) is 10.6. The predicted molar refractivity (Wildman–Crippen MR) is 120 cm³/mol. The number of nitrogens with one attached hydrogen (secondary N) is 1. The number of carbonyl (C=O) groups is 1. The van der Waals surface area contributed by atoms with Crippen molar-refractivity contribution in [2.75, 3.05) is 18.0 Å². The summed E-state index contributed by atoms with van der Waals surface area (Å²) in [5.41, 5.74) is 3.88. The highest BCUT2D eigenvalue weighted by molar-refractivity contribution is 5.96. The summed E-state index contributed by atoms with van der Waals surface area (Å²) in [5, 5.41) is 13.2. The number of rotatable bonds is 5. The van der Waals surface area contributed by atoms with Gasteiger partial charge in [-0.25, -0.2) is 9.97 Å². The summed E-state index contributed by atoms with van der Waals surface area (Å²) in [4.78, 5) is 27.9. The number of anilines is 1. The zero-order valence-corrected chi connectivity index (χ0v) is 17.4. The fourth-order valence-electron chi connectivity index (χ4n) is 3.99. The molecule has 4 aromatic rings. The largest absolute Gasteiger partial charge is 0.464 e. The Labute approximate surface area is 184 Å². The maximum absolute atomic E-state index is 12.8. The minimum absolute atomic E-state index is 0.0646. The number of benzene rings is 1. The van der Waals surface area contributed by atoms with Crippen LogP contribution in [0.2, 0.25) is 0 Å². The maximum atomic E-state index is 12.8. The van der Waals surface area contributed by atoms with Crippen LogP contribution in [-0.2, 0) is 6.61 Å². The van der Waals surface area contributed by atoms with Crippen LogP contribution >= 0.6 is 0 Å². The van der Waals surface area contributed by atoms with E-state index in [2.05, 4.69) is 25.2 Å². The second-order valence-electron chi connectivity index (χ2n) is 7.85. The highest BCUT2D eigenvalue weighted by Crippen LogP contribution is 2.27. The molecule has 1 aliphatic rings. The molecule has 0 radical (unpaired) electrons. The van der Waals surface area contributed by atoms with Crippen LogP contribution in [0.3, 0.4) is 0 Å². The van der Waals surface area contributed by atoms with E-state index in [9.17, 15) is 4.79 Å². The standard InChI is InChI=1S/C24H23N5O3/c30-15-16-13-26-24(27-14-16)29-10-6-19(7-11-29)28-23(31)18-3-1-17(2-4-18)22-20-8-12-32-21(20)5-9-25-22/h1-5,8-9,12-14,19,30H,6-7,10-11,15H2,(H,28,31). The fourth-order valence-corrected chi connectivity index (χ4v) is 3.99. The molecular weight excluding hydrogens is 406 g/mol. The van der Waals surface area contributed by atoms with Gasteiger partial charge in [0.25, 0.3) is 5.91 Å². The van der Waals surface area contributed by atoms with Crippen molar-refractivity contribution in [3.8, 4) is 11.3 Å². The molecule has 162 valence electrons. The molecule has 1 saturated heterocycles. The molecule has 1 aliphatic heterocycles. The van der Waals surface area contributed by atoms with Crippen LogP contribution in [0.5, 0.6) is 0 Å². The van der Waals surface area contributed by atoms with Gasteiger partial charge < -0.3 is 19.7 Å². The summed E-state index contributed by atoms with van der Waals surface area (Å²) in [6.07, 6.45) is 8.30. The molecule has 0 unspecified atom stereocenters. The number of pyridine rings is 1. The molecule has 0 aliphatic carbocycles. The minimum Gasteiger partial charge on any atom is -0.464 e. The van der Waals surface area contributed by atoms with Gasteiger partial charge in [0.1, 0.15) is 5.58 Å². The minimum atomic E-state index is -0.0759. The average Bonchev–Trinajstić information content (AvgIpc) is 3.34. The van der Waals surface area contributed by atoms with Crippen LogP contribution < -0.4 is 10.2 Å². The zero-order valence-electron chi connectivity index (χ0n) is 17.4. The van der Waals surface area contributed by atoms with Gasteiger partial charge in [-0.05, 0) is 37.1 Å². The smallest absolute Gasteiger partial charge is 0.251 e. The summed E-state index contributed by atoms with van der Waals surface area (Å²) in [6, 6.07) is 11.3. The van der Waals surface area contributed by atoms with E-state index in [1.165, 1.54) is 0 Å². The average molecular weight is 429 g/mol. The van der Waals surface area contributed by atoms with Crippen molar-refractivity contribution in [1.82, 2.24) is 20.3 Å². The molecule has 1 aromatic carbocycles. The van der Waals surface area contributed by atoms with Crippen molar-refractivity contribution in [3.05, 3.63) is 72.4 Å². The van der Waals surface area contributed by atoms with E-state index < -0.39 is 0 Å². The van der Waals surface area contributed by atoms with Crippen molar-refractivity contribution in [1.29, 1.82) is 0 Å². The fraction of sp³-hybridized carbons (Fsp3) is 0.250. The van der Waals surface area contributed by atoms with Crippen molar-refractivity contribution in [2.45, 2.75) is 25.5 Å². The van der Waals surface area contributed by atoms with E-state index in [1.54, 1.807) is 24.9 Å². The van der Waals surface area contributed by atoms with Crippen LogP contribution in [0.1, 0.15) is 28.8 Å². The first-order chi connectivity index (χ1) is 15.7. The quantitative estimate of drug-likeness (QED) is 0.502. The summed E-state index contributed by atoms with van der Waals surface area (Å²) in [5.74, 6) is 0.580. The summed E-state index contributed by atoms with van der Waals surface area (Å²) in [6.45, 7) is 1.47. The molecule has 8 nitrogen and oxygen atoms in total. The molecule has 0 bridgehead atoms. The summed E-state index contributed by atoms with van der Waals surface area (Å²) in [7, 11) is 0. The second-order valence-corrected chi connectivity index (χ2v) is 7.85. The summed E-state index contributed by atoms with van der Waals surface area (Å²) < 4.78 is 5.45. The van der Waals surface area contributed by atoms with Crippen molar-refractivity contribution in [3.63, 3.8) is 0 Å². The topological polar surface area (TPSA) is 104 Å². The first kappa shape index (κ1) is 20.1. The number of hydrogen-bond acceptors (Lipinski definition) is 7. The molecule has 0 atom stereocenters. The van der Waals surface area contributed by atoms with Crippen molar-refractivity contribution in [2.24, 2.45) is 0 Å². The van der Waals surface area contributed by atoms with E-state index in [1.807, 2.05) is 36.4 Å². The van der Waals surface area contributed by atoms with Crippen LogP contribution in [-0.4, -0.2) is 45.1 Å². The van der Waals surface area contributed by atoms with E-state index in [4.69, 9.17) is 9.52 Å². The van der Waals surface area contributed by atoms with E-state index >= 15 is 0 Å². The lowest BCUT2D eigenvalue weighted by Crippen LogP contribution is -2.45. The Morgan fingerprint density at radius 2 is 1.81 bits per heavy atom. The molecule has 1 fully saturated rings. The lowest BCUT2D eigenvalue weighted by molar-refractivity contribution is 0.0931. The summed E-state index contributed by atoms with van der Waals surface area (Å²) >= 11 is 0. The second kappa shape index (κ2) is 8.76. The highest BCUT2D eigenvalue weighted by Gasteiger charge is 2.22. The van der Waals surface area contributed by atoms with Crippen molar-refractivity contribution >= 4 is 22.8 Å². The Hall–Kier alpha value is -3.78. The van der Waals surface area contributed by atoms with Crippen LogP contribution in [0.25, 0.3) is 22.2 Å². The number of aliphatic hydroxyl groups is 1. The van der Waals surface area contributed by atoms with Gasteiger partial charge in [-0.15, -0.1) is 0 Å². The Morgan fingerprint density at radius 1 is 1.06 bits per heavy atom. The van der Waals surface area contributed by atoms with Crippen LogP contribution in [0.15, 0.2) is 65.7 Å². The molecule has 32 heavy (non-hydrogen) atoms. The Balaban J connectivity index is 1.20. The lowest BCUT2D eigenvalue weighted by atomic mass is 10.0. The number of carbonyl (C=O) groups excluding carboxylic acids is 1. The number of furan rings is 1. The first-order valence-electron chi connectivity index (χ1n) is 10.6. The SMILES string of the molecule is O=C(NC1CCN(c2ncc(CO)cn2)CC1)c1ccc(-c2nccc3occc23)cc1. The van der Waals surface area contributed by atoms with E-state index in [0.29, 0.717) is 17.1 Å². The molecule has 8 heteroatoms. The van der Waals surface area contributed by atoms with Gasteiger partial charge in [0.2, 0.25) is 5.95 Å². The molecule has 0 saturated carbocycles. The molecule has 4 heterocycles. The van der Waals surface area contributed by atoms with Crippen LogP contribution in [0, 0.1) is 0 Å². The molecule has 5 rings (SSSR count). The zero-order chi connectivity index (χ0) is 21.9. The Morgan fingerprint density at radius 3 is 2.53 bits per heavy atom. The third kappa shape index (κ3) is 4.04. The predicted octanol–water partition coefficient (Wildman–Crippen LogP) is 3.18. The van der Waals surface area contributed by atoms with Gasteiger partial charge in [-0.3, -0.25) is 9.78 Å². The number of aliphatic hydroxyl groups excluding tert-OH is 1. The van der Waals surface area contributed by atoms with Gasteiger partial charge in [0.15, 0.2) is 0 Å². The van der Waals surface area contributed by atoms with E-state index in [0.717, 1.165) is 48.2 Å². The van der Waals surface area contributed by atoms with Gasteiger partial charge in [0.05, 0.1) is 18.6 Å². The molecule has 1 amide bonds. The van der Waals surface area contributed by atoms with Gasteiger partial charge >= 0.3 is 0 Å². The number of hydrogen-bond donors (Lipinski definition) is 2. The molecule has 0 spiro atoms. The number of aromatic nitrogens is 3.